The summed E-state index contributed by atoms with van der Waals surface area (Å²) in [5.41, 5.74) is -0.990. The maximum atomic E-state index is 12.7. The lowest BCUT2D eigenvalue weighted by molar-refractivity contribution is 0.472. The van der Waals surface area contributed by atoms with Gasteiger partial charge in [-0.25, -0.2) is 21.6 Å². The first kappa shape index (κ1) is 22.3. The number of rotatable bonds is 5. The average Bonchev–Trinajstić information content (AvgIpc) is 2.67. The second-order valence-electron chi connectivity index (χ2n) is 6.61. The summed E-state index contributed by atoms with van der Waals surface area (Å²) in [5, 5.41) is 18.2. The lowest BCUT2D eigenvalue weighted by Crippen LogP contribution is -2.20. The topological polar surface area (TPSA) is 156 Å². The zero-order chi connectivity index (χ0) is 23.3. The number of phenolic OH excluding ortho intramolecular Hbond substituents is 2. The SMILES string of the molecule is O=c1oc2cc(O)ccc2cc1SS(=O)(=O)CS(=O)(=O)c1cc2ccc(O)cc2sc1=O. The van der Waals surface area contributed by atoms with Crippen molar-refractivity contribution in [1.82, 2.24) is 0 Å². The molecule has 0 unspecified atom stereocenters. The van der Waals surface area contributed by atoms with E-state index in [2.05, 4.69) is 0 Å². The number of sulfone groups is 1. The molecule has 32 heavy (non-hydrogen) atoms. The van der Waals surface area contributed by atoms with Crippen LogP contribution in [0.1, 0.15) is 0 Å². The Bertz CT molecular complexity index is 1720. The Morgan fingerprint density at radius 1 is 0.875 bits per heavy atom. The maximum absolute atomic E-state index is 12.7. The Morgan fingerprint density at radius 3 is 2.25 bits per heavy atom. The van der Waals surface area contributed by atoms with Crippen LogP contribution in [0.2, 0.25) is 0 Å². The Hall–Kier alpha value is -2.87. The van der Waals surface area contributed by atoms with Gasteiger partial charge in [-0.1, -0.05) is 11.3 Å². The van der Waals surface area contributed by atoms with Gasteiger partial charge in [-0.3, -0.25) is 4.79 Å². The lowest BCUT2D eigenvalue weighted by atomic mass is 10.2. The molecule has 4 rings (SSSR count). The molecule has 2 heterocycles. The van der Waals surface area contributed by atoms with Crippen LogP contribution in [0.3, 0.4) is 0 Å². The zero-order valence-electron chi connectivity index (χ0n) is 15.7. The fraction of sp³-hybridized carbons (Fsp3) is 0.0526. The van der Waals surface area contributed by atoms with E-state index in [1.54, 1.807) is 0 Å². The summed E-state index contributed by atoms with van der Waals surface area (Å²) >= 11 is 0.563. The van der Waals surface area contributed by atoms with Crippen LogP contribution in [-0.2, 0) is 18.7 Å². The van der Waals surface area contributed by atoms with E-state index < -0.39 is 39.1 Å². The van der Waals surface area contributed by atoms with Crippen molar-refractivity contribution < 1.29 is 31.5 Å². The largest absolute Gasteiger partial charge is 0.508 e. The minimum absolute atomic E-state index is 0.0171. The molecule has 0 bridgehead atoms. The van der Waals surface area contributed by atoms with Gasteiger partial charge in [-0.05, 0) is 47.9 Å². The molecule has 2 N–H and O–H groups in total. The van der Waals surface area contributed by atoms with E-state index in [0.717, 1.165) is 6.07 Å². The number of aromatic hydroxyl groups is 2. The summed E-state index contributed by atoms with van der Waals surface area (Å²) in [6, 6.07) is 10.2. The third kappa shape index (κ3) is 4.50. The summed E-state index contributed by atoms with van der Waals surface area (Å²) in [4.78, 5) is 23.4. The van der Waals surface area contributed by atoms with Gasteiger partial charge < -0.3 is 14.6 Å². The number of fused-ring (bicyclic) bond motifs is 2. The number of benzene rings is 2. The van der Waals surface area contributed by atoms with Gasteiger partial charge in [0.1, 0.15) is 26.9 Å². The van der Waals surface area contributed by atoms with Crippen LogP contribution in [0.15, 0.2) is 72.3 Å². The van der Waals surface area contributed by atoms with Gasteiger partial charge in [0.15, 0.2) is 14.9 Å². The molecule has 0 aliphatic carbocycles. The Labute approximate surface area is 187 Å². The summed E-state index contributed by atoms with van der Waals surface area (Å²) in [5.74, 6) is -0.257. The summed E-state index contributed by atoms with van der Waals surface area (Å²) in [6.45, 7) is 0. The van der Waals surface area contributed by atoms with Gasteiger partial charge in [0.05, 0.1) is 0 Å². The molecule has 0 fully saturated rings. The molecule has 4 aromatic rings. The van der Waals surface area contributed by atoms with Gasteiger partial charge in [0.25, 0.3) is 4.74 Å². The smallest absolute Gasteiger partial charge is 0.351 e. The predicted octanol–water partition coefficient (Wildman–Crippen LogP) is 2.63. The summed E-state index contributed by atoms with van der Waals surface area (Å²) in [6.07, 6.45) is 0. The fourth-order valence-corrected chi connectivity index (χ4v) is 10.2. The Balaban J connectivity index is 1.69. The Morgan fingerprint density at radius 2 is 1.53 bits per heavy atom. The van der Waals surface area contributed by atoms with Crippen molar-refractivity contribution in [2.45, 2.75) is 9.79 Å². The molecule has 2 aromatic heterocycles. The van der Waals surface area contributed by atoms with Crippen molar-refractivity contribution in [3.63, 3.8) is 0 Å². The summed E-state index contributed by atoms with van der Waals surface area (Å²) < 4.78 is 55.1. The summed E-state index contributed by atoms with van der Waals surface area (Å²) in [7, 11) is -9.02. The van der Waals surface area contributed by atoms with E-state index in [4.69, 9.17) is 4.42 Å². The third-order valence-electron chi connectivity index (χ3n) is 4.23. The van der Waals surface area contributed by atoms with E-state index >= 15 is 0 Å². The maximum Gasteiger partial charge on any atom is 0.351 e. The van der Waals surface area contributed by atoms with Crippen molar-refractivity contribution in [3.8, 4) is 11.5 Å². The first-order valence-electron chi connectivity index (χ1n) is 8.62. The van der Waals surface area contributed by atoms with Crippen LogP contribution in [0.4, 0.5) is 0 Å². The standard InChI is InChI=1S/C19H12O9S4/c20-12-3-1-10-5-16(18(22)28-14(10)7-12)30-32(26,27)9-31(24,25)17-6-11-2-4-13(21)8-15(11)29-19(17)23/h1-8,20-21H,9H2. The molecule has 0 amide bonds. The molecular weight excluding hydrogens is 500 g/mol. The highest BCUT2D eigenvalue weighted by Crippen LogP contribution is 2.30. The fourth-order valence-electron chi connectivity index (χ4n) is 2.85. The highest BCUT2D eigenvalue weighted by molar-refractivity contribution is 8.73. The van der Waals surface area contributed by atoms with E-state index in [9.17, 15) is 36.6 Å². The van der Waals surface area contributed by atoms with E-state index in [1.807, 2.05) is 0 Å². The molecule has 0 spiro atoms. The van der Waals surface area contributed by atoms with Gasteiger partial charge in [-0.2, -0.15) is 0 Å². The normalized spacial score (nSPS) is 12.4. The molecular formula is C19H12O9S4. The highest BCUT2D eigenvalue weighted by atomic mass is 33.1. The minimum atomic E-state index is -4.57. The van der Waals surface area contributed by atoms with Crippen molar-refractivity contribution in [1.29, 1.82) is 0 Å². The van der Waals surface area contributed by atoms with Crippen molar-refractivity contribution in [2.24, 2.45) is 0 Å². The van der Waals surface area contributed by atoms with Gasteiger partial charge >= 0.3 is 5.63 Å². The van der Waals surface area contributed by atoms with Crippen LogP contribution < -0.4 is 10.4 Å². The molecule has 0 saturated heterocycles. The molecule has 2 aromatic carbocycles. The zero-order valence-corrected chi connectivity index (χ0v) is 19.0. The van der Waals surface area contributed by atoms with Gasteiger partial charge in [0, 0.05) is 26.9 Å². The first-order valence-corrected chi connectivity index (χ1v) is 14.1. The van der Waals surface area contributed by atoms with E-state index in [-0.39, 0.29) is 32.8 Å². The average molecular weight is 513 g/mol. The molecule has 0 aliphatic heterocycles. The number of hydrogen-bond acceptors (Lipinski definition) is 11. The van der Waals surface area contributed by atoms with Crippen molar-refractivity contribution in [2.75, 3.05) is 5.08 Å². The second kappa shape index (κ2) is 7.92. The third-order valence-corrected chi connectivity index (χ3v) is 11.6. The van der Waals surface area contributed by atoms with Gasteiger partial charge in [0.2, 0.25) is 8.87 Å². The van der Waals surface area contributed by atoms with E-state index in [1.165, 1.54) is 42.5 Å². The monoisotopic (exact) mass is 512 g/mol. The van der Waals surface area contributed by atoms with Crippen molar-refractivity contribution in [3.05, 3.63) is 68.5 Å². The lowest BCUT2D eigenvalue weighted by Gasteiger charge is -2.07. The minimum Gasteiger partial charge on any atom is -0.508 e. The first-order chi connectivity index (χ1) is 14.9. The van der Waals surface area contributed by atoms with Crippen LogP contribution >= 0.6 is 22.1 Å². The highest BCUT2D eigenvalue weighted by Gasteiger charge is 2.29. The van der Waals surface area contributed by atoms with E-state index in [0.29, 0.717) is 26.8 Å². The molecule has 13 heteroatoms. The molecule has 0 radical (unpaired) electrons. The van der Waals surface area contributed by atoms with Gasteiger partial charge in [-0.15, -0.1) is 0 Å². The Kier molecular flexibility index (Phi) is 5.53. The van der Waals surface area contributed by atoms with Crippen molar-refractivity contribution >= 4 is 61.9 Å². The van der Waals surface area contributed by atoms with Crippen LogP contribution in [0.5, 0.6) is 11.5 Å². The van der Waals surface area contributed by atoms with Crippen LogP contribution in [0.25, 0.3) is 21.1 Å². The quantitative estimate of drug-likeness (QED) is 0.301. The van der Waals surface area contributed by atoms with Crippen LogP contribution in [-0.4, -0.2) is 32.1 Å². The molecule has 0 aliphatic rings. The second-order valence-corrected chi connectivity index (χ2v) is 14.0. The number of phenols is 2. The predicted molar refractivity (Wildman–Crippen MR) is 121 cm³/mol. The number of hydrogen-bond donors (Lipinski definition) is 2. The molecule has 0 atom stereocenters. The molecule has 9 nitrogen and oxygen atoms in total. The molecule has 166 valence electrons. The molecule has 0 saturated carbocycles. The van der Waals surface area contributed by atoms with Crippen LogP contribution in [0, 0.1) is 0 Å².